The first-order chi connectivity index (χ1) is 2.00. The van der Waals surface area contributed by atoms with Crippen molar-refractivity contribution >= 4 is 10.4 Å². The van der Waals surface area contributed by atoms with Crippen molar-refractivity contribution in [1.82, 2.24) is 0 Å². The fraction of sp³-hybridized carbons (Fsp3) is 0. The predicted octanol–water partition coefficient (Wildman–Crippen LogP) is -4.58. The molecule has 53 valence electrons. The first kappa shape index (κ1) is 38.7. The van der Waals surface area contributed by atoms with Gasteiger partial charge >= 0.3 is 73.1 Å². The van der Waals surface area contributed by atoms with Gasteiger partial charge in [0, 0.05) is 29.0 Å². The smallest absolute Gasteiger partial charge is 2.00 e. The third-order valence-electron chi connectivity index (χ3n) is 0. The van der Waals surface area contributed by atoms with Gasteiger partial charge in [-0.3, -0.25) is 8.42 Å². The monoisotopic (exact) mass is 266 g/mol. The Kier molecular flexibility index (Phi) is 68.5. The number of hydrogen-bond acceptors (Lipinski definition) is 4. The van der Waals surface area contributed by atoms with Crippen LogP contribution < -0.4 is 51.4 Å². The van der Waals surface area contributed by atoms with E-state index in [0.29, 0.717) is 0 Å². The van der Waals surface area contributed by atoms with E-state index >= 15 is 0 Å². The maximum Gasteiger partial charge on any atom is 4.00 e. The zero-order valence-corrected chi connectivity index (χ0v) is 11.7. The third kappa shape index (κ3) is 137. The Morgan fingerprint density at radius 2 is 1.00 bits per heavy atom. The molecule has 0 atom stereocenters. The summed E-state index contributed by atoms with van der Waals surface area (Å²) in [6.45, 7) is 0. The minimum Gasteiger partial charge on any atom is -2.00 e. The largest absolute Gasteiger partial charge is 4.00 e. The molecule has 6 nitrogen and oxygen atoms in total. The molecule has 0 saturated heterocycles. The van der Waals surface area contributed by atoms with Crippen molar-refractivity contribution in [3.8, 4) is 0 Å². The molecule has 0 aromatic heterocycles. The second-order valence-corrected chi connectivity index (χ2v) is 1.22. The van der Waals surface area contributed by atoms with E-state index in [1.54, 1.807) is 0 Å². The molecule has 0 aliphatic heterocycles. The van der Waals surface area contributed by atoms with E-state index in [1.165, 1.54) is 0 Å². The Labute approximate surface area is 128 Å². The SMILES string of the molecule is O=S(=O)([O-])[O-].[K+].[O-2].[O-2].[Ti+4].[V]. The van der Waals surface area contributed by atoms with Gasteiger partial charge in [-0.1, -0.05) is 0 Å². The van der Waals surface area contributed by atoms with E-state index in [1.807, 2.05) is 0 Å². The molecule has 0 aromatic rings. The summed E-state index contributed by atoms with van der Waals surface area (Å²) in [5, 5.41) is 0. The van der Waals surface area contributed by atoms with Gasteiger partial charge in [0.25, 0.3) is 0 Å². The van der Waals surface area contributed by atoms with E-state index in [-0.39, 0.29) is 103 Å². The maximum absolute atomic E-state index is 8.52. The van der Waals surface area contributed by atoms with Crippen molar-refractivity contribution < 1.29 is 120 Å². The average molecular weight is 266 g/mol. The molecule has 0 aliphatic carbocycles. The van der Waals surface area contributed by atoms with Crippen LogP contribution in [0.15, 0.2) is 0 Å². The van der Waals surface area contributed by atoms with E-state index in [9.17, 15) is 0 Å². The molecule has 0 spiro atoms. The molecule has 0 aromatic carbocycles. The van der Waals surface area contributed by atoms with E-state index < -0.39 is 10.4 Å². The zero-order valence-electron chi connectivity index (χ0n) is 4.80. The maximum atomic E-state index is 8.52. The average Bonchev–Trinajstić information content (AvgIpc) is 0.722. The molecule has 0 rings (SSSR count). The molecule has 0 heterocycles. The fourth-order valence-corrected chi connectivity index (χ4v) is 0. The van der Waals surface area contributed by atoms with Crippen LogP contribution in [-0.4, -0.2) is 17.5 Å². The minimum absolute atomic E-state index is 0. The summed E-state index contributed by atoms with van der Waals surface area (Å²) in [6.07, 6.45) is 0. The van der Waals surface area contributed by atoms with Crippen molar-refractivity contribution in [2.75, 3.05) is 0 Å². The summed E-state index contributed by atoms with van der Waals surface area (Å²) in [5.74, 6) is 0. The van der Waals surface area contributed by atoms with E-state index in [2.05, 4.69) is 0 Å². The quantitative estimate of drug-likeness (QED) is 0.247. The third-order valence-corrected chi connectivity index (χ3v) is 0. The molecular formula is KO6STiV-. The summed E-state index contributed by atoms with van der Waals surface area (Å²) in [6, 6.07) is 0. The Morgan fingerprint density at radius 3 is 1.00 bits per heavy atom. The van der Waals surface area contributed by atoms with Crippen LogP contribution in [0.1, 0.15) is 0 Å². The van der Waals surface area contributed by atoms with Gasteiger partial charge < -0.3 is 20.1 Å². The van der Waals surface area contributed by atoms with Crippen LogP contribution >= 0.6 is 0 Å². The normalized spacial score (nSPS) is 5.80. The van der Waals surface area contributed by atoms with Crippen LogP contribution in [0, 0.1) is 0 Å². The van der Waals surface area contributed by atoms with E-state index in [4.69, 9.17) is 17.5 Å². The first-order valence-electron chi connectivity index (χ1n) is 0.667. The van der Waals surface area contributed by atoms with E-state index in [0.717, 1.165) is 0 Å². The second-order valence-electron chi connectivity index (χ2n) is 0.408. The van der Waals surface area contributed by atoms with Crippen molar-refractivity contribution in [1.29, 1.82) is 0 Å². The summed E-state index contributed by atoms with van der Waals surface area (Å²) in [5.41, 5.74) is 0. The Morgan fingerprint density at radius 1 is 1.00 bits per heavy atom. The van der Waals surface area contributed by atoms with Crippen LogP contribution in [0.5, 0.6) is 0 Å². The molecule has 0 aliphatic rings. The topological polar surface area (TPSA) is 137 Å². The summed E-state index contributed by atoms with van der Waals surface area (Å²) < 4.78 is 34.1. The molecule has 0 unspecified atom stereocenters. The molecule has 0 amide bonds. The first-order valence-corrected chi connectivity index (χ1v) is 2.00. The predicted molar refractivity (Wildman–Crippen MR) is 11.8 cm³/mol. The second kappa shape index (κ2) is 17.7. The van der Waals surface area contributed by atoms with Crippen molar-refractivity contribution in [3.63, 3.8) is 0 Å². The van der Waals surface area contributed by atoms with Crippen molar-refractivity contribution in [2.45, 2.75) is 0 Å². The summed E-state index contributed by atoms with van der Waals surface area (Å²) >= 11 is 0. The van der Waals surface area contributed by atoms with Gasteiger partial charge in [-0.25, -0.2) is 0 Å². The van der Waals surface area contributed by atoms with Gasteiger partial charge in [0.1, 0.15) is 0 Å². The molecule has 1 radical (unpaired) electrons. The van der Waals surface area contributed by atoms with Crippen LogP contribution in [0.3, 0.4) is 0 Å². The van der Waals surface area contributed by atoms with Crippen molar-refractivity contribution in [2.24, 2.45) is 0 Å². The molecule has 0 fully saturated rings. The summed E-state index contributed by atoms with van der Waals surface area (Å²) in [4.78, 5) is 0. The van der Waals surface area contributed by atoms with Gasteiger partial charge in [0.15, 0.2) is 0 Å². The molecule has 0 saturated carbocycles. The van der Waals surface area contributed by atoms with Gasteiger partial charge in [0.2, 0.25) is 0 Å². The molecule has 10 heavy (non-hydrogen) atoms. The number of rotatable bonds is 0. The minimum atomic E-state index is -5.17. The Balaban J connectivity index is -0.00000000800. The van der Waals surface area contributed by atoms with Crippen LogP contribution in [0.25, 0.3) is 0 Å². The molecular weight excluding hydrogens is 266 g/mol. The fourth-order valence-electron chi connectivity index (χ4n) is 0. The summed E-state index contributed by atoms with van der Waals surface area (Å²) in [7, 11) is -5.17. The molecule has 0 N–H and O–H groups in total. The number of hydrogen-bond donors (Lipinski definition) is 0. The molecule has 0 bridgehead atoms. The van der Waals surface area contributed by atoms with Gasteiger partial charge in [-0.2, -0.15) is 0 Å². The van der Waals surface area contributed by atoms with Crippen LogP contribution in [0.2, 0.25) is 0 Å². The van der Waals surface area contributed by atoms with Gasteiger partial charge in [-0.15, -0.1) is 0 Å². The standard InChI is InChI=1S/K.H2O4S.2O.Ti.V/c;1-5(2,3)4;;;;/h;(H2,1,2,3,4);;;;/q+1;;2*-2;+4;/p-2. The molecule has 10 heteroatoms. The van der Waals surface area contributed by atoms with Crippen molar-refractivity contribution in [3.05, 3.63) is 0 Å². The van der Waals surface area contributed by atoms with Gasteiger partial charge in [-0.05, 0) is 0 Å². The Bertz CT molecular complexity index is 101. The zero-order chi connectivity index (χ0) is 4.50. The Hall–Kier alpha value is 2.73. The van der Waals surface area contributed by atoms with Gasteiger partial charge in [0.05, 0.1) is 0 Å². The van der Waals surface area contributed by atoms with Crippen LogP contribution in [-0.2, 0) is 61.6 Å². The van der Waals surface area contributed by atoms with Crippen LogP contribution in [0.4, 0.5) is 0 Å².